The molecule has 16 heavy (non-hydrogen) atoms. The van der Waals surface area contributed by atoms with Gasteiger partial charge in [-0.3, -0.25) is 0 Å². The van der Waals surface area contributed by atoms with Gasteiger partial charge in [0, 0.05) is 6.54 Å². The molecule has 0 radical (unpaired) electrons. The lowest BCUT2D eigenvalue weighted by Gasteiger charge is -2.05. The molecule has 2 rings (SSSR count). The van der Waals surface area contributed by atoms with E-state index in [1.165, 1.54) is 24.3 Å². The summed E-state index contributed by atoms with van der Waals surface area (Å²) in [5, 5.41) is 0. The predicted octanol–water partition coefficient (Wildman–Crippen LogP) is 3.09. The maximum atomic E-state index is 13.3. The summed E-state index contributed by atoms with van der Waals surface area (Å²) in [5.74, 6) is -0.696. The van der Waals surface area contributed by atoms with Gasteiger partial charge in [0.25, 0.3) is 0 Å². The van der Waals surface area contributed by atoms with Crippen molar-refractivity contribution in [2.75, 3.05) is 0 Å². The molecule has 0 saturated carbocycles. The Balaban J connectivity index is 2.51. The van der Waals surface area contributed by atoms with Crippen molar-refractivity contribution in [1.82, 2.24) is 0 Å². The largest absolute Gasteiger partial charge is 0.326 e. The molecule has 2 N–H and O–H groups in total. The van der Waals surface area contributed by atoms with Gasteiger partial charge in [-0.05, 0) is 47.0 Å². The zero-order chi connectivity index (χ0) is 11.5. The van der Waals surface area contributed by atoms with Crippen molar-refractivity contribution < 1.29 is 8.78 Å². The summed E-state index contributed by atoms with van der Waals surface area (Å²) in [6, 6.07) is 10.6. The second-order valence-corrected chi connectivity index (χ2v) is 3.56. The predicted molar refractivity (Wildman–Crippen MR) is 59.7 cm³/mol. The Morgan fingerprint density at radius 3 is 2.31 bits per heavy atom. The lowest BCUT2D eigenvalue weighted by molar-refractivity contribution is 0.624. The van der Waals surface area contributed by atoms with Crippen LogP contribution in [0.15, 0.2) is 42.5 Å². The lowest BCUT2D eigenvalue weighted by atomic mass is 10.0. The molecule has 0 amide bonds. The van der Waals surface area contributed by atoms with Crippen LogP contribution in [0.2, 0.25) is 0 Å². The Labute approximate surface area is 92.5 Å². The van der Waals surface area contributed by atoms with Gasteiger partial charge in [0.05, 0.1) is 0 Å². The minimum Gasteiger partial charge on any atom is -0.326 e. The Hall–Kier alpha value is -1.74. The van der Waals surface area contributed by atoms with E-state index in [1.807, 2.05) is 0 Å². The van der Waals surface area contributed by atoms with Crippen LogP contribution in [-0.2, 0) is 6.54 Å². The number of hydrogen-bond acceptors (Lipinski definition) is 1. The van der Waals surface area contributed by atoms with Crippen LogP contribution in [0.5, 0.6) is 0 Å². The molecule has 0 fully saturated rings. The molecule has 0 saturated heterocycles. The molecule has 0 aliphatic carbocycles. The van der Waals surface area contributed by atoms with Crippen LogP contribution in [0.25, 0.3) is 11.1 Å². The van der Waals surface area contributed by atoms with E-state index in [9.17, 15) is 8.78 Å². The van der Waals surface area contributed by atoms with Crippen LogP contribution in [-0.4, -0.2) is 0 Å². The third-order valence-corrected chi connectivity index (χ3v) is 2.35. The van der Waals surface area contributed by atoms with E-state index in [2.05, 4.69) is 0 Å². The van der Waals surface area contributed by atoms with Gasteiger partial charge in [0.1, 0.15) is 11.6 Å². The van der Waals surface area contributed by atoms with Crippen LogP contribution < -0.4 is 5.73 Å². The molecule has 0 heterocycles. The summed E-state index contributed by atoms with van der Waals surface area (Å²) < 4.78 is 26.3. The highest BCUT2D eigenvalue weighted by Gasteiger charge is 2.03. The monoisotopic (exact) mass is 219 g/mol. The first-order chi connectivity index (χ1) is 7.69. The lowest BCUT2D eigenvalue weighted by Crippen LogP contribution is -1.97. The van der Waals surface area contributed by atoms with Crippen molar-refractivity contribution in [3.8, 4) is 11.1 Å². The van der Waals surface area contributed by atoms with Crippen LogP contribution >= 0.6 is 0 Å². The minimum atomic E-state index is -0.359. The maximum absolute atomic E-state index is 13.3. The number of halogens is 2. The first kappa shape index (κ1) is 10.8. The van der Waals surface area contributed by atoms with Crippen molar-refractivity contribution in [3.05, 3.63) is 59.7 Å². The zero-order valence-corrected chi connectivity index (χ0v) is 8.58. The van der Waals surface area contributed by atoms with Gasteiger partial charge in [-0.2, -0.15) is 0 Å². The van der Waals surface area contributed by atoms with Crippen molar-refractivity contribution in [1.29, 1.82) is 0 Å². The second-order valence-electron chi connectivity index (χ2n) is 3.56. The Morgan fingerprint density at radius 1 is 0.875 bits per heavy atom. The third kappa shape index (κ3) is 2.25. The van der Waals surface area contributed by atoms with E-state index in [1.54, 1.807) is 18.2 Å². The van der Waals surface area contributed by atoms with Gasteiger partial charge in [-0.25, -0.2) is 8.78 Å². The van der Waals surface area contributed by atoms with Crippen molar-refractivity contribution >= 4 is 0 Å². The van der Waals surface area contributed by atoms with Gasteiger partial charge in [-0.1, -0.05) is 12.1 Å². The maximum Gasteiger partial charge on any atom is 0.124 e. The van der Waals surface area contributed by atoms with Crippen molar-refractivity contribution in [2.45, 2.75) is 6.54 Å². The first-order valence-electron chi connectivity index (χ1n) is 4.94. The molecule has 1 nitrogen and oxygen atoms in total. The van der Waals surface area contributed by atoms with Gasteiger partial charge < -0.3 is 5.73 Å². The van der Waals surface area contributed by atoms with Crippen LogP contribution in [0, 0.1) is 11.6 Å². The highest BCUT2D eigenvalue weighted by molar-refractivity contribution is 5.64. The molecule has 0 aliphatic heterocycles. The van der Waals surface area contributed by atoms with E-state index in [0.29, 0.717) is 16.7 Å². The van der Waals surface area contributed by atoms with E-state index < -0.39 is 0 Å². The van der Waals surface area contributed by atoms with Crippen LogP contribution in [0.3, 0.4) is 0 Å². The highest BCUT2D eigenvalue weighted by atomic mass is 19.1. The Kier molecular flexibility index (Phi) is 2.97. The van der Waals surface area contributed by atoms with Crippen molar-refractivity contribution in [3.63, 3.8) is 0 Å². The standard InChI is InChI=1S/C13H11F2N/c14-12-3-1-2-10(6-12)11-4-9(8-16)5-13(15)7-11/h1-7H,8,16H2. The molecular weight excluding hydrogens is 208 g/mol. The molecule has 0 spiro atoms. The van der Waals surface area contributed by atoms with Crippen LogP contribution in [0.1, 0.15) is 5.56 Å². The topological polar surface area (TPSA) is 26.0 Å². The molecule has 3 heteroatoms. The average Bonchev–Trinajstić information content (AvgIpc) is 2.28. The van der Waals surface area contributed by atoms with Gasteiger partial charge in [-0.15, -0.1) is 0 Å². The molecule has 0 bridgehead atoms. The van der Waals surface area contributed by atoms with Crippen LogP contribution in [0.4, 0.5) is 8.78 Å². The number of benzene rings is 2. The fourth-order valence-corrected chi connectivity index (χ4v) is 1.60. The fraction of sp³-hybridized carbons (Fsp3) is 0.0769. The molecule has 0 atom stereocenters. The minimum absolute atomic E-state index is 0.264. The second kappa shape index (κ2) is 4.41. The fourth-order valence-electron chi connectivity index (χ4n) is 1.60. The SMILES string of the molecule is NCc1cc(F)cc(-c2cccc(F)c2)c1. The molecule has 2 aromatic rings. The molecule has 0 aliphatic rings. The summed E-state index contributed by atoms with van der Waals surface area (Å²) >= 11 is 0. The van der Waals surface area contributed by atoms with Crippen molar-refractivity contribution in [2.24, 2.45) is 5.73 Å². The van der Waals surface area contributed by atoms with E-state index >= 15 is 0 Å². The van der Waals surface area contributed by atoms with E-state index in [4.69, 9.17) is 5.73 Å². The summed E-state index contributed by atoms with van der Waals surface area (Å²) in [6.45, 7) is 0.264. The molecule has 2 aromatic carbocycles. The van der Waals surface area contributed by atoms with Gasteiger partial charge >= 0.3 is 0 Å². The average molecular weight is 219 g/mol. The molecule has 0 aromatic heterocycles. The third-order valence-electron chi connectivity index (χ3n) is 2.35. The summed E-state index contributed by atoms with van der Waals surface area (Å²) in [5.41, 5.74) is 7.43. The summed E-state index contributed by atoms with van der Waals surface area (Å²) in [4.78, 5) is 0. The van der Waals surface area contributed by atoms with E-state index in [-0.39, 0.29) is 18.2 Å². The first-order valence-corrected chi connectivity index (χ1v) is 4.94. The summed E-state index contributed by atoms with van der Waals surface area (Å²) in [7, 11) is 0. The normalized spacial score (nSPS) is 10.4. The summed E-state index contributed by atoms with van der Waals surface area (Å²) in [6.07, 6.45) is 0. The molecule has 0 unspecified atom stereocenters. The quantitative estimate of drug-likeness (QED) is 0.825. The Morgan fingerprint density at radius 2 is 1.62 bits per heavy atom. The number of nitrogens with two attached hydrogens (primary N) is 1. The number of rotatable bonds is 2. The van der Waals surface area contributed by atoms with Gasteiger partial charge in [0.2, 0.25) is 0 Å². The van der Waals surface area contributed by atoms with Gasteiger partial charge in [0.15, 0.2) is 0 Å². The smallest absolute Gasteiger partial charge is 0.124 e. The number of hydrogen-bond donors (Lipinski definition) is 1. The molecule has 82 valence electrons. The van der Waals surface area contributed by atoms with E-state index in [0.717, 1.165) is 0 Å². The Bertz CT molecular complexity index is 509. The zero-order valence-electron chi connectivity index (χ0n) is 8.58. The molecular formula is C13H11F2N. The highest BCUT2D eigenvalue weighted by Crippen LogP contribution is 2.22.